The van der Waals surface area contributed by atoms with Gasteiger partial charge in [0.1, 0.15) is 4.88 Å². The number of nitrogens with zero attached hydrogens (tertiary/aromatic N) is 3. The minimum atomic E-state index is -0.170. The van der Waals surface area contributed by atoms with Gasteiger partial charge in [0.2, 0.25) is 5.78 Å². The number of anilines is 4. The molecule has 0 bridgehead atoms. The minimum Gasteiger partial charge on any atom is -0.339 e. The van der Waals surface area contributed by atoms with Crippen molar-refractivity contribution in [2.24, 2.45) is 7.05 Å². The van der Waals surface area contributed by atoms with Crippen molar-refractivity contribution in [1.82, 2.24) is 14.5 Å². The number of hydrogen-bond donors (Lipinski definition) is 2. The first-order valence-corrected chi connectivity index (χ1v) is 11.0. The van der Waals surface area contributed by atoms with Crippen LogP contribution in [0.1, 0.15) is 21.1 Å². The largest absolute Gasteiger partial charge is 0.339 e. The van der Waals surface area contributed by atoms with E-state index in [0.29, 0.717) is 21.7 Å². The molecule has 3 aromatic carbocycles. The number of benzene rings is 3. The zero-order valence-electron chi connectivity index (χ0n) is 17.7. The van der Waals surface area contributed by atoms with Gasteiger partial charge < -0.3 is 15.2 Å². The fourth-order valence-electron chi connectivity index (χ4n) is 3.48. The first-order valence-electron chi connectivity index (χ1n) is 10.2. The van der Waals surface area contributed by atoms with E-state index in [9.17, 15) is 4.79 Å². The minimum absolute atomic E-state index is 0.170. The van der Waals surface area contributed by atoms with Crippen molar-refractivity contribution in [2.45, 2.75) is 6.92 Å². The molecule has 0 fully saturated rings. The molecule has 0 atom stereocenters. The van der Waals surface area contributed by atoms with Crippen LogP contribution in [0.25, 0.3) is 11.0 Å². The average molecular weight is 440 g/mol. The molecule has 6 nitrogen and oxygen atoms in total. The molecule has 5 aromatic rings. The summed E-state index contributed by atoms with van der Waals surface area (Å²) in [7, 11) is 1.86. The third kappa shape index (κ3) is 3.86. The molecule has 0 aliphatic carbocycles. The number of rotatable bonds is 6. The van der Waals surface area contributed by atoms with E-state index >= 15 is 0 Å². The Morgan fingerprint density at radius 3 is 2.28 bits per heavy atom. The lowest BCUT2D eigenvalue weighted by Crippen LogP contribution is -2.09. The van der Waals surface area contributed by atoms with Gasteiger partial charge in [-0.1, -0.05) is 59.4 Å². The van der Waals surface area contributed by atoms with Crippen LogP contribution in [0.3, 0.4) is 0 Å². The highest BCUT2D eigenvalue weighted by molar-refractivity contribution is 7.18. The highest BCUT2D eigenvalue weighted by atomic mass is 32.1. The lowest BCUT2D eigenvalue weighted by Gasteiger charge is -2.06. The highest BCUT2D eigenvalue weighted by Crippen LogP contribution is 2.33. The molecule has 0 aliphatic heterocycles. The van der Waals surface area contributed by atoms with E-state index in [4.69, 9.17) is 4.98 Å². The topological polar surface area (TPSA) is 71.8 Å². The Hall–Kier alpha value is -3.97. The predicted octanol–water partition coefficient (Wildman–Crippen LogP) is 6.06. The van der Waals surface area contributed by atoms with Crippen molar-refractivity contribution < 1.29 is 4.79 Å². The van der Waals surface area contributed by atoms with Crippen LogP contribution in [0.15, 0.2) is 78.9 Å². The van der Waals surface area contributed by atoms with Crippen molar-refractivity contribution in [2.75, 3.05) is 10.6 Å². The molecular weight excluding hydrogens is 418 g/mol. The van der Waals surface area contributed by atoms with E-state index in [-0.39, 0.29) is 5.78 Å². The molecular formula is C25H21N5OS. The van der Waals surface area contributed by atoms with Gasteiger partial charge in [-0.05, 0) is 43.3 Å². The standard InChI is InChI=1S/C25H21N5OS/c1-16-12-14-18(15-13-16)26-23-22(32-25(29-23)27-17-8-4-3-5-9-17)21(31)24-28-19-10-6-7-11-20(19)30(24)2/h3-15,26H,1-2H3,(H,27,29). The second kappa shape index (κ2) is 8.28. The summed E-state index contributed by atoms with van der Waals surface area (Å²) < 4.78 is 1.83. The summed E-state index contributed by atoms with van der Waals surface area (Å²) in [6.07, 6.45) is 0. The van der Waals surface area contributed by atoms with Crippen LogP contribution in [0.4, 0.5) is 22.3 Å². The summed E-state index contributed by atoms with van der Waals surface area (Å²) in [6.45, 7) is 2.04. The summed E-state index contributed by atoms with van der Waals surface area (Å²) in [4.78, 5) is 23.4. The number of imidazole rings is 1. The lowest BCUT2D eigenvalue weighted by atomic mass is 10.2. The number of hydrogen-bond acceptors (Lipinski definition) is 6. The van der Waals surface area contributed by atoms with Crippen LogP contribution < -0.4 is 10.6 Å². The van der Waals surface area contributed by atoms with Crippen molar-refractivity contribution in [3.05, 3.63) is 95.1 Å². The third-order valence-corrected chi connectivity index (χ3v) is 6.13. The smallest absolute Gasteiger partial charge is 0.242 e. The van der Waals surface area contributed by atoms with E-state index in [2.05, 4.69) is 15.6 Å². The summed E-state index contributed by atoms with van der Waals surface area (Å²) in [5.41, 5.74) is 4.64. The van der Waals surface area contributed by atoms with E-state index in [1.54, 1.807) is 0 Å². The van der Waals surface area contributed by atoms with Gasteiger partial charge >= 0.3 is 0 Å². The lowest BCUT2D eigenvalue weighted by molar-refractivity contribution is 0.103. The van der Waals surface area contributed by atoms with Crippen molar-refractivity contribution in [3.8, 4) is 0 Å². The molecule has 0 aliphatic rings. The number of aryl methyl sites for hydroxylation is 2. The SMILES string of the molecule is Cc1ccc(Nc2nc(Nc3ccccc3)sc2C(=O)c2nc3ccccc3n2C)cc1. The molecule has 32 heavy (non-hydrogen) atoms. The number of ketones is 1. The molecule has 0 unspecified atom stereocenters. The number of fused-ring (bicyclic) bond motifs is 1. The molecule has 2 heterocycles. The van der Waals surface area contributed by atoms with Gasteiger partial charge in [-0.3, -0.25) is 4.79 Å². The Bertz CT molecular complexity index is 1400. The van der Waals surface area contributed by atoms with Crippen LogP contribution in [-0.2, 0) is 7.05 Å². The summed E-state index contributed by atoms with van der Waals surface area (Å²) >= 11 is 1.31. The Labute approximate surface area is 189 Å². The van der Waals surface area contributed by atoms with Gasteiger partial charge in [-0.2, -0.15) is 0 Å². The normalized spacial score (nSPS) is 10.9. The fourth-order valence-corrected chi connectivity index (χ4v) is 4.36. The number of carbonyl (C=O) groups is 1. The van der Waals surface area contributed by atoms with Crippen molar-refractivity contribution in [3.63, 3.8) is 0 Å². The van der Waals surface area contributed by atoms with Gasteiger partial charge in [-0.15, -0.1) is 0 Å². The van der Waals surface area contributed by atoms with Gasteiger partial charge in [0.15, 0.2) is 16.8 Å². The average Bonchev–Trinajstić information content (AvgIpc) is 3.36. The Kier molecular flexibility index (Phi) is 5.17. The second-order valence-electron chi connectivity index (χ2n) is 7.49. The van der Waals surface area contributed by atoms with Crippen LogP contribution in [0.5, 0.6) is 0 Å². The van der Waals surface area contributed by atoms with Crippen LogP contribution in [0, 0.1) is 6.92 Å². The Morgan fingerprint density at radius 1 is 0.844 bits per heavy atom. The molecule has 7 heteroatoms. The van der Waals surface area contributed by atoms with Crippen LogP contribution >= 0.6 is 11.3 Å². The molecule has 2 aromatic heterocycles. The maximum Gasteiger partial charge on any atom is 0.242 e. The maximum absolute atomic E-state index is 13.6. The highest BCUT2D eigenvalue weighted by Gasteiger charge is 2.24. The van der Waals surface area contributed by atoms with E-state index < -0.39 is 0 Å². The molecule has 0 saturated carbocycles. The maximum atomic E-state index is 13.6. The second-order valence-corrected chi connectivity index (χ2v) is 8.49. The number of nitrogens with one attached hydrogen (secondary N) is 2. The molecule has 0 radical (unpaired) electrons. The zero-order valence-corrected chi connectivity index (χ0v) is 18.5. The van der Waals surface area contributed by atoms with Gasteiger partial charge in [-0.25, -0.2) is 9.97 Å². The number of para-hydroxylation sites is 3. The van der Waals surface area contributed by atoms with Gasteiger partial charge in [0.05, 0.1) is 11.0 Å². The molecule has 5 rings (SSSR count). The molecule has 158 valence electrons. The fraction of sp³-hybridized carbons (Fsp3) is 0.0800. The van der Waals surface area contributed by atoms with Crippen molar-refractivity contribution >= 4 is 50.5 Å². The molecule has 0 saturated heterocycles. The van der Waals surface area contributed by atoms with Gasteiger partial charge in [0.25, 0.3) is 0 Å². The summed E-state index contributed by atoms with van der Waals surface area (Å²) in [5.74, 6) is 0.722. The molecule has 0 amide bonds. The van der Waals surface area contributed by atoms with E-state index in [1.807, 2.05) is 97.4 Å². The van der Waals surface area contributed by atoms with Gasteiger partial charge in [0, 0.05) is 18.4 Å². The third-order valence-electron chi connectivity index (χ3n) is 5.16. The number of carbonyl (C=O) groups excluding carboxylic acids is 1. The monoisotopic (exact) mass is 439 g/mol. The van der Waals surface area contributed by atoms with Crippen LogP contribution in [-0.4, -0.2) is 20.3 Å². The first kappa shape index (κ1) is 20.0. The quantitative estimate of drug-likeness (QED) is 0.315. The first-order chi connectivity index (χ1) is 15.6. The molecule has 0 spiro atoms. The Balaban J connectivity index is 1.55. The predicted molar refractivity (Wildman–Crippen MR) is 130 cm³/mol. The number of aromatic nitrogens is 3. The zero-order chi connectivity index (χ0) is 22.1. The van der Waals surface area contributed by atoms with E-state index in [1.165, 1.54) is 11.3 Å². The molecule has 2 N–H and O–H groups in total. The summed E-state index contributed by atoms with van der Waals surface area (Å²) in [6, 6.07) is 25.5. The van der Waals surface area contributed by atoms with Crippen molar-refractivity contribution in [1.29, 1.82) is 0 Å². The van der Waals surface area contributed by atoms with E-state index in [0.717, 1.165) is 28.0 Å². The Morgan fingerprint density at radius 2 is 1.53 bits per heavy atom. The summed E-state index contributed by atoms with van der Waals surface area (Å²) in [5, 5.41) is 7.24. The number of thiazole rings is 1. The van der Waals surface area contributed by atoms with Crippen LogP contribution in [0.2, 0.25) is 0 Å².